The van der Waals surface area contributed by atoms with Crippen molar-refractivity contribution in [3.8, 4) is 5.75 Å². The van der Waals surface area contributed by atoms with Gasteiger partial charge in [0.05, 0.1) is 0 Å². The zero-order valence-corrected chi connectivity index (χ0v) is 11.1. The summed E-state index contributed by atoms with van der Waals surface area (Å²) in [5.41, 5.74) is 0. The summed E-state index contributed by atoms with van der Waals surface area (Å²) in [6, 6.07) is 6.34. The lowest BCUT2D eigenvalue weighted by Crippen LogP contribution is -2.43. The third kappa shape index (κ3) is 3.44. The second-order valence-electron chi connectivity index (χ2n) is 4.66. The molecule has 5 heteroatoms. The van der Waals surface area contributed by atoms with E-state index < -0.39 is 5.82 Å². The van der Waals surface area contributed by atoms with Crippen molar-refractivity contribution in [3.63, 3.8) is 0 Å². The maximum Gasteiger partial charge on any atom is 0.260 e. The van der Waals surface area contributed by atoms with Gasteiger partial charge in [-0.25, -0.2) is 4.39 Å². The first-order valence-electron chi connectivity index (χ1n) is 6.53. The maximum absolute atomic E-state index is 13.4. The van der Waals surface area contributed by atoms with Crippen molar-refractivity contribution in [1.29, 1.82) is 0 Å². The van der Waals surface area contributed by atoms with Crippen LogP contribution in [0.5, 0.6) is 5.75 Å². The van der Waals surface area contributed by atoms with E-state index in [1.807, 2.05) is 11.9 Å². The van der Waals surface area contributed by atoms with Crippen LogP contribution in [0.15, 0.2) is 24.3 Å². The van der Waals surface area contributed by atoms with E-state index >= 15 is 0 Å². The molecular formula is C14H19FN2O2. The van der Waals surface area contributed by atoms with Crippen molar-refractivity contribution < 1.29 is 13.9 Å². The van der Waals surface area contributed by atoms with Gasteiger partial charge in [-0.05, 0) is 32.0 Å². The Morgan fingerprint density at radius 3 is 3.05 bits per heavy atom. The smallest absolute Gasteiger partial charge is 0.260 e. The molecule has 0 aromatic heterocycles. The van der Waals surface area contributed by atoms with Crippen LogP contribution in [0.25, 0.3) is 0 Å². The number of hydrogen-bond donors (Lipinski definition) is 1. The third-order valence-corrected chi connectivity index (χ3v) is 3.33. The number of halogens is 1. The number of likely N-dealkylation sites (N-methyl/N-ethyl adjacent to an activating group) is 1. The van der Waals surface area contributed by atoms with Crippen LogP contribution >= 0.6 is 0 Å². The molecule has 2 rings (SSSR count). The first-order chi connectivity index (χ1) is 9.22. The first-order valence-corrected chi connectivity index (χ1v) is 6.53. The summed E-state index contributed by atoms with van der Waals surface area (Å²) in [6.45, 7) is 1.43. The Hall–Kier alpha value is -1.62. The topological polar surface area (TPSA) is 41.6 Å². The molecule has 1 aromatic rings. The van der Waals surface area contributed by atoms with Crippen LogP contribution in [0.4, 0.5) is 4.39 Å². The molecule has 4 nitrogen and oxygen atoms in total. The number of ether oxygens (including phenoxy) is 1. The molecule has 1 amide bonds. The number of nitrogens with one attached hydrogen (secondary N) is 1. The quantitative estimate of drug-likeness (QED) is 0.876. The second-order valence-corrected chi connectivity index (χ2v) is 4.66. The van der Waals surface area contributed by atoms with Gasteiger partial charge in [0.2, 0.25) is 0 Å². The van der Waals surface area contributed by atoms with E-state index in [-0.39, 0.29) is 24.3 Å². The van der Waals surface area contributed by atoms with Gasteiger partial charge in [-0.15, -0.1) is 0 Å². The molecule has 0 bridgehead atoms. The molecule has 1 aromatic carbocycles. The number of likely N-dealkylation sites (tertiary alicyclic amines) is 1. The zero-order valence-electron chi connectivity index (χ0n) is 11.1. The van der Waals surface area contributed by atoms with Crippen LogP contribution in [-0.2, 0) is 4.79 Å². The largest absolute Gasteiger partial charge is 0.481 e. The fourth-order valence-corrected chi connectivity index (χ4v) is 2.40. The summed E-state index contributed by atoms with van der Waals surface area (Å²) in [4.78, 5) is 13.9. The molecule has 1 N–H and O–H groups in total. The molecular weight excluding hydrogens is 247 g/mol. The lowest BCUT2D eigenvalue weighted by atomic mass is 10.2. The molecule has 19 heavy (non-hydrogen) atoms. The molecule has 1 fully saturated rings. The van der Waals surface area contributed by atoms with Crippen molar-refractivity contribution in [2.75, 3.05) is 26.7 Å². The molecule has 0 spiro atoms. The molecule has 104 valence electrons. The van der Waals surface area contributed by atoms with E-state index in [4.69, 9.17) is 4.74 Å². The number of para-hydroxylation sites is 1. The van der Waals surface area contributed by atoms with Crippen molar-refractivity contribution >= 4 is 5.91 Å². The molecule has 1 aliphatic heterocycles. The summed E-state index contributed by atoms with van der Waals surface area (Å²) in [5, 5.41) is 3.08. The Kier molecular flexibility index (Phi) is 4.74. The second kappa shape index (κ2) is 6.52. The predicted octanol–water partition coefficient (Wildman–Crippen LogP) is 1.41. The standard InChI is InChI=1S/C14H19FN2O2/c1-16-9-11-5-4-8-17(11)14(18)10-19-13-7-3-2-6-12(13)15/h2-3,6-7,11,16H,4-5,8-10H2,1H3. The van der Waals surface area contributed by atoms with Crippen LogP contribution in [0.1, 0.15) is 12.8 Å². The summed E-state index contributed by atoms with van der Waals surface area (Å²) in [7, 11) is 1.87. The Labute approximate surface area is 112 Å². The minimum Gasteiger partial charge on any atom is -0.481 e. The first kappa shape index (κ1) is 13.8. The van der Waals surface area contributed by atoms with Crippen molar-refractivity contribution in [3.05, 3.63) is 30.1 Å². The van der Waals surface area contributed by atoms with Crippen molar-refractivity contribution in [1.82, 2.24) is 10.2 Å². The van der Waals surface area contributed by atoms with E-state index in [0.717, 1.165) is 25.9 Å². The minimum absolute atomic E-state index is 0.0824. The predicted molar refractivity (Wildman–Crippen MR) is 70.6 cm³/mol. The van der Waals surface area contributed by atoms with Gasteiger partial charge in [0.25, 0.3) is 5.91 Å². The van der Waals surface area contributed by atoms with E-state index in [2.05, 4.69) is 5.32 Å². The van der Waals surface area contributed by atoms with E-state index in [1.165, 1.54) is 12.1 Å². The number of benzene rings is 1. The van der Waals surface area contributed by atoms with Crippen LogP contribution in [-0.4, -0.2) is 43.6 Å². The Balaban J connectivity index is 1.89. The molecule has 1 aliphatic rings. The van der Waals surface area contributed by atoms with Crippen molar-refractivity contribution in [2.45, 2.75) is 18.9 Å². The molecule has 1 unspecified atom stereocenters. The van der Waals surface area contributed by atoms with Gasteiger partial charge >= 0.3 is 0 Å². The summed E-state index contributed by atoms with van der Waals surface area (Å²) >= 11 is 0. The minimum atomic E-state index is -0.441. The van der Waals surface area contributed by atoms with Gasteiger partial charge in [0, 0.05) is 19.1 Å². The number of amides is 1. The fraction of sp³-hybridized carbons (Fsp3) is 0.500. The van der Waals surface area contributed by atoms with Crippen LogP contribution in [0.2, 0.25) is 0 Å². The Morgan fingerprint density at radius 1 is 1.53 bits per heavy atom. The normalized spacial score (nSPS) is 18.6. The van der Waals surface area contributed by atoms with Gasteiger partial charge in [-0.2, -0.15) is 0 Å². The molecule has 0 saturated carbocycles. The number of rotatable bonds is 5. The lowest BCUT2D eigenvalue weighted by molar-refractivity contribution is -0.134. The van der Waals surface area contributed by atoms with Crippen LogP contribution < -0.4 is 10.1 Å². The van der Waals surface area contributed by atoms with Crippen molar-refractivity contribution in [2.24, 2.45) is 0 Å². The van der Waals surface area contributed by atoms with Crippen LogP contribution in [0, 0.1) is 5.82 Å². The highest BCUT2D eigenvalue weighted by molar-refractivity contribution is 5.78. The monoisotopic (exact) mass is 266 g/mol. The lowest BCUT2D eigenvalue weighted by Gasteiger charge is -2.24. The average Bonchev–Trinajstić information content (AvgIpc) is 2.86. The van der Waals surface area contributed by atoms with Gasteiger partial charge in [0.1, 0.15) is 0 Å². The third-order valence-electron chi connectivity index (χ3n) is 3.33. The maximum atomic E-state index is 13.4. The van der Waals surface area contributed by atoms with Gasteiger partial charge in [-0.3, -0.25) is 4.79 Å². The number of carbonyl (C=O) groups is 1. The van der Waals surface area contributed by atoms with Gasteiger partial charge in [0.15, 0.2) is 18.2 Å². The van der Waals surface area contributed by atoms with Gasteiger partial charge < -0.3 is 15.0 Å². The van der Waals surface area contributed by atoms with E-state index in [0.29, 0.717) is 0 Å². The highest BCUT2D eigenvalue weighted by Gasteiger charge is 2.28. The molecule has 0 aliphatic carbocycles. The fourth-order valence-electron chi connectivity index (χ4n) is 2.40. The Bertz CT molecular complexity index is 439. The summed E-state index contributed by atoms with van der Waals surface area (Å²) in [5.74, 6) is -0.398. The molecule has 1 saturated heterocycles. The number of hydrogen-bond acceptors (Lipinski definition) is 3. The SMILES string of the molecule is CNCC1CCCN1C(=O)COc1ccccc1F. The number of nitrogens with zero attached hydrogens (tertiary/aromatic N) is 1. The molecule has 0 radical (unpaired) electrons. The highest BCUT2D eigenvalue weighted by Crippen LogP contribution is 2.18. The van der Waals surface area contributed by atoms with E-state index in [1.54, 1.807) is 12.1 Å². The van der Waals surface area contributed by atoms with E-state index in [9.17, 15) is 9.18 Å². The van der Waals surface area contributed by atoms with Crippen LogP contribution in [0.3, 0.4) is 0 Å². The highest BCUT2D eigenvalue weighted by atomic mass is 19.1. The van der Waals surface area contributed by atoms with Gasteiger partial charge in [-0.1, -0.05) is 12.1 Å². The Morgan fingerprint density at radius 2 is 2.32 bits per heavy atom. The zero-order chi connectivity index (χ0) is 13.7. The average molecular weight is 266 g/mol. The summed E-state index contributed by atoms with van der Waals surface area (Å²) in [6.07, 6.45) is 2.02. The molecule has 1 heterocycles. The number of carbonyl (C=O) groups excluding carboxylic acids is 1. The molecule has 1 atom stereocenters. The summed E-state index contributed by atoms with van der Waals surface area (Å²) < 4.78 is 18.6.